The Kier molecular flexibility index (Phi) is 3.11. The van der Waals surface area contributed by atoms with Crippen molar-refractivity contribution in [1.29, 1.82) is 0 Å². The first-order chi connectivity index (χ1) is 7.35. The SMILES string of the molecule is COc1cccc(CO)c1OC1CCC1. The summed E-state index contributed by atoms with van der Waals surface area (Å²) in [5, 5.41) is 9.21. The Morgan fingerprint density at radius 1 is 1.40 bits per heavy atom. The molecular formula is C12H16O3. The molecule has 15 heavy (non-hydrogen) atoms. The van der Waals surface area contributed by atoms with E-state index in [4.69, 9.17) is 9.47 Å². The van der Waals surface area contributed by atoms with Crippen molar-refractivity contribution >= 4 is 0 Å². The van der Waals surface area contributed by atoms with Crippen molar-refractivity contribution in [3.8, 4) is 11.5 Å². The van der Waals surface area contributed by atoms with Gasteiger partial charge in [-0.05, 0) is 25.3 Å². The zero-order chi connectivity index (χ0) is 10.7. The summed E-state index contributed by atoms with van der Waals surface area (Å²) >= 11 is 0. The molecule has 1 aromatic rings. The highest BCUT2D eigenvalue weighted by Gasteiger charge is 2.22. The zero-order valence-electron chi connectivity index (χ0n) is 8.90. The molecule has 0 amide bonds. The fourth-order valence-corrected chi connectivity index (χ4v) is 1.64. The Balaban J connectivity index is 2.23. The normalized spacial score (nSPS) is 15.9. The number of aliphatic hydroxyl groups excluding tert-OH is 1. The molecule has 0 aliphatic heterocycles. The van der Waals surface area contributed by atoms with Gasteiger partial charge in [-0.15, -0.1) is 0 Å². The van der Waals surface area contributed by atoms with Crippen LogP contribution < -0.4 is 9.47 Å². The van der Waals surface area contributed by atoms with Gasteiger partial charge in [-0.2, -0.15) is 0 Å². The smallest absolute Gasteiger partial charge is 0.167 e. The minimum atomic E-state index is -0.0146. The number of hydrogen-bond donors (Lipinski definition) is 1. The quantitative estimate of drug-likeness (QED) is 0.823. The predicted molar refractivity (Wildman–Crippen MR) is 57.2 cm³/mol. The first-order valence-electron chi connectivity index (χ1n) is 5.28. The molecule has 1 fully saturated rings. The van der Waals surface area contributed by atoms with E-state index in [-0.39, 0.29) is 6.61 Å². The van der Waals surface area contributed by atoms with Gasteiger partial charge in [-0.25, -0.2) is 0 Å². The van der Waals surface area contributed by atoms with E-state index in [0.29, 0.717) is 17.6 Å². The van der Waals surface area contributed by atoms with Gasteiger partial charge >= 0.3 is 0 Å². The molecule has 0 heterocycles. The highest BCUT2D eigenvalue weighted by atomic mass is 16.5. The molecule has 2 rings (SSSR count). The monoisotopic (exact) mass is 208 g/mol. The standard InChI is InChI=1S/C12H16O3/c1-14-11-7-2-4-9(8-13)12(11)15-10-5-3-6-10/h2,4,7,10,13H,3,5-6,8H2,1H3. The molecule has 1 saturated carbocycles. The van der Waals surface area contributed by atoms with E-state index in [1.807, 2.05) is 18.2 Å². The molecule has 0 saturated heterocycles. The van der Waals surface area contributed by atoms with Crippen LogP contribution in [0.5, 0.6) is 11.5 Å². The number of hydrogen-bond acceptors (Lipinski definition) is 3. The van der Waals surface area contributed by atoms with Crippen LogP contribution in [0.2, 0.25) is 0 Å². The molecule has 0 unspecified atom stereocenters. The highest BCUT2D eigenvalue weighted by Crippen LogP contribution is 2.35. The van der Waals surface area contributed by atoms with Crippen molar-refractivity contribution in [2.24, 2.45) is 0 Å². The van der Waals surface area contributed by atoms with Crippen LogP contribution in [-0.2, 0) is 6.61 Å². The lowest BCUT2D eigenvalue weighted by Gasteiger charge is -2.28. The van der Waals surface area contributed by atoms with Crippen LogP contribution in [0.4, 0.5) is 0 Å². The van der Waals surface area contributed by atoms with Crippen molar-refractivity contribution in [2.75, 3.05) is 7.11 Å². The predicted octanol–water partition coefficient (Wildman–Crippen LogP) is 2.12. The van der Waals surface area contributed by atoms with Crippen molar-refractivity contribution in [3.63, 3.8) is 0 Å². The van der Waals surface area contributed by atoms with Crippen molar-refractivity contribution in [1.82, 2.24) is 0 Å². The third kappa shape index (κ3) is 2.07. The molecule has 1 N–H and O–H groups in total. The van der Waals surface area contributed by atoms with Gasteiger partial charge in [0.25, 0.3) is 0 Å². The molecule has 1 aliphatic rings. The highest BCUT2D eigenvalue weighted by molar-refractivity contribution is 5.46. The molecule has 82 valence electrons. The van der Waals surface area contributed by atoms with Crippen LogP contribution in [-0.4, -0.2) is 18.3 Å². The van der Waals surface area contributed by atoms with Crippen LogP contribution in [0.15, 0.2) is 18.2 Å². The van der Waals surface area contributed by atoms with Gasteiger partial charge in [0.05, 0.1) is 19.8 Å². The molecule has 0 bridgehead atoms. The van der Waals surface area contributed by atoms with Crippen LogP contribution in [0, 0.1) is 0 Å². The summed E-state index contributed by atoms with van der Waals surface area (Å²) in [5.74, 6) is 1.40. The summed E-state index contributed by atoms with van der Waals surface area (Å²) in [7, 11) is 1.62. The number of methoxy groups -OCH3 is 1. The average Bonchev–Trinajstić information content (AvgIpc) is 2.23. The van der Waals surface area contributed by atoms with Crippen LogP contribution in [0.3, 0.4) is 0 Å². The maximum absolute atomic E-state index is 9.21. The summed E-state index contributed by atoms with van der Waals surface area (Å²) in [6.07, 6.45) is 3.73. The fraction of sp³-hybridized carbons (Fsp3) is 0.500. The Hall–Kier alpha value is -1.22. The lowest BCUT2D eigenvalue weighted by Crippen LogP contribution is -2.25. The number of benzene rings is 1. The van der Waals surface area contributed by atoms with Gasteiger partial charge in [0.2, 0.25) is 0 Å². The van der Waals surface area contributed by atoms with Crippen LogP contribution in [0.25, 0.3) is 0 Å². The number of para-hydroxylation sites is 1. The third-order valence-corrected chi connectivity index (χ3v) is 2.79. The molecule has 3 heteroatoms. The van der Waals surface area contributed by atoms with E-state index < -0.39 is 0 Å². The van der Waals surface area contributed by atoms with Gasteiger partial charge in [0.1, 0.15) is 0 Å². The number of ether oxygens (including phenoxy) is 2. The lowest BCUT2D eigenvalue weighted by atomic mass is 9.96. The van der Waals surface area contributed by atoms with E-state index in [2.05, 4.69) is 0 Å². The van der Waals surface area contributed by atoms with Crippen molar-refractivity contribution in [3.05, 3.63) is 23.8 Å². The summed E-state index contributed by atoms with van der Waals surface area (Å²) < 4.78 is 11.0. The van der Waals surface area contributed by atoms with E-state index in [9.17, 15) is 5.11 Å². The Morgan fingerprint density at radius 3 is 2.73 bits per heavy atom. The maximum atomic E-state index is 9.21. The molecular weight excluding hydrogens is 192 g/mol. The zero-order valence-corrected chi connectivity index (χ0v) is 8.90. The molecule has 0 spiro atoms. The van der Waals surface area contributed by atoms with Crippen molar-refractivity contribution < 1.29 is 14.6 Å². The van der Waals surface area contributed by atoms with Gasteiger partial charge in [0.15, 0.2) is 11.5 Å². The second-order valence-electron chi connectivity index (χ2n) is 3.78. The van der Waals surface area contributed by atoms with E-state index in [0.717, 1.165) is 18.4 Å². The van der Waals surface area contributed by atoms with Gasteiger partial charge in [-0.3, -0.25) is 0 Å². The Morgan fingerprint density at radius 2 is 2.20 bits per heavy atom. The summed E-state index contributed by atoms with van der Waals surface area (Å²) in [6.45, 7) is -0.0146. The summed E-state index contributed by atoms with van der Waals surface area (Å²) in [4.78, 5) is 0. The summed E-state index contributed by atoms with van der Waals surface area (Å²) in [5.41, 5.74) is 0.793. The van der Waals surface area contributed by atoms with Gasteiger partial charge in [0, 0.05) is 5.56 Å². The molecule has 0 radical (unpaired) electrons. The number of aliphatic hydroxyl groups is 1. The largest absolute Gasteiger partial charge is 0.493 e. The van der Waals surface area contributed by atoms with E-state index in [1.165, 1.54) is 6.42 Å². The molecule has 1 aliphatic carbocycles. The number of rotatable bonds is 4. The molecule has 0 atom stereocenters. The van der Waals surface area contributed by atoms with Gasteiger partial charge < -0.3 is 14.6 Å². The van der Waals surface area contributed by atoms with E-state index in [1.54, 1.807) is 7.11 Å². The fourth-order valence-electron chi connectivity index (χ4n) is 1.64. The van der Waals surface area contributed by atoms with Crippen LogP contribution in [0.1, 0.15) is 24.8 Å². The molecule has 0 aromatic heterocycles. The van der Waals surface area contributed by atoms with E-state index >= 15 is 0 Å². The first-order valence-corrected chi connectivity index (χ1v) is 5.28. The summed E-state index contributed by atoms with van der Waals surface area (Å²) in [6, 6.07) is 5.57. The van der Waals surface area contributed by atoms with Crippen molar-refractivity contribution in [2.45, 2.75) is 32.0 Å². The topological polar surface area (TPSA) is 38.7 Å². The first kappa shape index (κ1) is 10.3. The minimum absolute atomic E-state index is 0.0146. The van der Waals surface area contributed by atoms with Gasteiger partial charge in [-0.1, -0.05) is 12.1 Å². The average molecular weight is 208 g/mol. The Labute approximate surface area is 89.6 Å². The lowest BCUT2D eigenvalue weighted by molar-refractivity contribution is 0.112. The molecule has 3 nitrogen and oxygen atoms in total. The third-order valence-electron chi connectivity index (χ3n) is 2.79. The molecule has 1 aromatic carbocycles. The second kappa shape index (κ2) is 4.53. The maximum Gasteiger partial charge on any atom is 0.167 e. The van der Waals surface area contributed by atoms with Crippen LogP contribution >= 0.6 is 0 Å². The minimum Gasteiger partial charge on any atom is -0.493 e. The Bertz CT molecular complexity index is 309. The second-order valence-corrected chi connectivity index (χ2v) is 3.78.